The second-order valence-corrected chi connectivity index (χ2v) is 10.7. The van der Waals surface area contributed by atoms with E-state index in [1.807, 2.05) is 0 Å². The number of primary amides is 1. The van der Waals surface area contributed by atoms with Crippen LogP contribution in [0.5, 0.6) is 0 Å². The summed E-state index contributed by atoms with van der Waals surface area (Å²) >= 11 is 0. The fourth-order valence-electron chi connectivity index (χ4n) is 4.31. The number of esters is 1. The first-order valence-corrected chi connectivity index (χ1v) is 14.6. The summed E-state index contributed by atoms with van der Waals surface area (Å²) in [6.45, 7) is 5.41. The minimum absolute atomic E-state index is 0.0930. The van der Waals surface area contributed by atoms with Crippen molar-refractivity contribution in [2.24, 2.45) is 11.7 Å². The average molecular weight is 615 g/mol. The Bertz CT molecular complexity index is 1210. The van der Waals surface area contributed by atoms with Gasteiger partial charge in [-0.15, -0.1) is 0 Å². The zero-order valence-corrected chi connectivity index (χ0v) is 25.4. The van der Waals surface area contributed by atoms with Crippen LogP contribution in [-0.4, -0.2) is 71.6 Å². The molecule has 1 aromatic carbocycles. The highest BCUT2D eigenvalue weighted by atomic mass is 16.5. The number of nitrogens with one attached hydrogen (secondary N) is 4. The molecule has 0 radical (unpaired) electrons. The van der Waals surface area contributed by atoms with Crippen LogP contribution in [0.3, 0.4) is 0 Å². The van der Waals surface area contributed by atoms with Crippen LogP contribution >= 0.6 is 0 Å². The van der Waals surface area contributed by atoms with Gasteiger partial charge in [0, 0.05) is 44.3 Å². The molecule has 0 saturated heterocycles. The first kappa shape index (κ1) is 35.4. The van der Waals surface area contributed by atoms with Crippen molar-refractivity contribution in [2.45, 2.75) is 78.0 Å². The molecule has 1 aliphatic rings. The van der Waals surface area contributed by atoms with E-state index in [0.717, 1.165) is 10.5 Å². The van der Waals surface area contributed by atoms with Crippen molar-refractivity contribution < 1.29 is 38.3 Å². The molecule has 0 aromatic heterocycles. The normalized spacial score (nSPS) is 13.8. The van der Waals surface area contributed by atoms with Gasteiger partial charge in [0.15, 0.2) is 0 Å². The summed E-state index contributed by atoms with van der Waals surface area (Å²) < 4.78 is 4.96. The Hall–Kier alpha value is -4.75. The molecule has 6 N–H and O–H groups in total. The van der Waals surface area contributed by atoms with Gasteiger partial charge in [-0.05, 0) is 49.3 Å². The summed E-state index contributed by atoms with van der Waals surface area (Å²) in [4.78, 5) is 85.6. The molecule has 0 bridgehead atoms. The number of carbonyl (C=O) groups excluding carboxylic acids is 7. The van der Waals surface area contributed by atoms with Gasteiger partial charge in [-0.2, -0.15) is 0 Å². The van der Waals surface area contributed by atoms with Crippen LogP contribution in [0.1, 0.15) is 64.9 Å². The van der Waals surface area contributed by atoms with Crippen LogP contribution in [0.15, 0.2) is 36.4 Å². The Labute approximate surface area is 256 Å². The summed E-state index contributed by atoms with van der Waals surface area (Å²) in [7, 11) is 0. The number of imide groups is 1. The number of nitrogens with zero attached hydrogens (tertiary/aromatic N) is 1. The van der Waals surface area contributed by atoms with Crippen molar-refractivity contribution in [1.82, 2.24) is 20.9 Å². The molecule has 0 fully saturated rings. The molecule has 1 aliphatic heterocycles. The highest BCUT2D eigenvalue weighted by Gasteiger charge is 2.29. The van der Waals surface area contributed by atoms with Crippen LogP contribution in [-0.2, 0) is 40.1 Å². The number of unbranched alkanes of at least 4 members (excludes halogenated alkanes) is 2. The predicted molar refractivity (Wildman–Crippen MR) is 160 cm³/mol. The zero-order valence-electron chi connectivity index (χ0n) is 25.4. The molecule has 0 saturated carbocycles. The summed E-state index contributed by atoms with van der Waals surface area (Å²) in [5.74, 6) is -2.76. The van der Waals surface area contributed by atoms with Gasteiger partial charge in [0.1, 0.15) is 18.7 Å². The number of amides is 7. The number of urea groups is 1. The first-order valence-electron chi connectivity index (χ1n) is 14.6. The molecule has 1 unspecified atom stereocenters. The molecule has 2 rings (SSSR count). The van der Waals surface area contributed by atoms with Crippen molar-refractivity contribution in [3.63, 3.8) is 0 Å². The maximum atomic E-state index is 13.3. The third-order valence-electron chi connectivity index (χ3n) is 6.72. The van der Waals surface area contributed by atoms with E-state index in [0.29, 0.717) is 31.4 Å². The molecular weight excluding hydrogens is 572 g/mol. The topological polar surface area (TPSA) is 206 Å². The Kier molecular flexibility index (Phi) is 14.5. The van der Waals surface area contributed by atoms with Gasteiger partial charge in [0.2, 0.25) is 17.7 Å². The third-order valence-corrected chi connectivity index (χ3v) is 6.72. The van der Waals surface area contributed by atoms with Crippen LogP contribution in [0.2, 0.25) is 0 Å². The second-order valence-electron chi connectivity index (χ2n) is 10.7. The lowest BCUT2D eigenvalue weighted by atomic mass is 10.0. The van der Waals surface area contributed by atoms with Crippen LogP contribution in [0.25, 0.3) is 0 Å². The molecule has 0 aliphatic carbocycles. The highest BCUT2D eigenvalue weighted by Crippen LogP contribution is 2.13. The number of nitrogens with two attached hydrogens (primary N) is 1. The number of carbonyl (C=O) groups is 7. The number of rotatable bonds is 18. The van der Waals surface area contributed by atoms with E-state index in [9.17, 15) is 33.6 Å². The van der Waals surface area contributed by atoms with E-state index in [4.69, 9.17) is 10.5 Å². The SMILES string of the molecule is CC(=O)OCc1ccc(NC(=O)C(CCCNC(N)=O)NC(=O)[C@@H](NC(=O)CCCCCN2C(=O)C=CC2=O)C(C)C)cc1. The van der Waals surface area contributed by atoms with E-state index in [-0.39, 0.29) is 56.2 Å². The molecule has 240 valence electrons. The third kappa shape index (κ3) is 12.6. The van der Waals surface area contributed by atoms with Gasteiger partial charge in [-0.25, -0.2) is 4.79 Å². The van der Waals surface area contributed by atoms with Crippen molar-refractivity contribution in [2.75, 3.05) is 18.4 Å². The summed E-state index contributed by atoms with van der Waals surface area (Å²) in [6, 6.07) is 4.06. The smallest absolute Gasteiger partial charge is 0.312 e. The Morgan fingerprint density at radius 3 is 2.14 bits per heavy atom. The monoisotopic (exact) mass is 614 g/mol. The van der Waals surface area contributed by atoms with Gasteiger partial charge in [0.25, 0.3) is 11.8 Å². The van der Waals surface area contributed by atoms with Crippen molar-refractivity contribution >= 4 is 47.2 Å². The Balaban J connectivity index is 1.94. The molecule has 2 atom stereocenters. The fourth-order valence-corrected chi connectivity index (χ4v) is 4.31. The maximum Gasteiger partial charge on any atom is 0.312 e. The number of hydrogen-bond donors (Lipinski definition) is 5. The molecule has 14 heteroatoms. The lowest BCUT2D eigenvalue weighted by Crippen LogP contribution is -2.54. The molecule has 1 heterocycles. The van der Waals surface area contributed by atoms with Crippen LogP contribution < -0.4 is 27.0 Å². The zero-order chi connectivity index (χ0) is 32.6. The van der Waals surface area contributed by atoms with Crippen LogP contribution in [0.4, 0.5) is 10.5 Å². The van der Waals surface area contributed by atoms with Crippen LogP contribution in [0, 0.1) is 5.92 Å². The standard InChI is InChI=1S/C30H42N6O8/c1-19(2)27(35-24(38)9-5-4-6-17-36-25(39)14-15-26(36)40)29(42)34-23(8-7-16-32-30(31)43)28(41)33-22-12-10-21(11-13-22)18-44-20(3)37/h10-15,19,23,27H,4-9,16-18H2,1-3H3,(H,33,41)(H,34,42)(H,35,38)(H3,31,32,43)/t23?,27-/m0/s1. The summed E-state index contributed by atoms with van der Waals surface area (Å²) in [5.41, 5.74) is 6.30. The minimum atomic E-state index is -0.985. The minimum Gasteiger partial charge on any atom is -0.461 e. The van der Waals surface area contributed by atoms with Gasteiger partial charge in [-0.3, -0.25) is 33.7 Å². The van der Waals surface area contributed by atoms with Gasteiger partial charge >= 0.3 is 12.0 Å². The van der Waals surface area contributed by atoms with E-state index in [1.165, 1.54) is 19.1 Å². The first-order chi connectivity index (χ1) is 20.9. The molecule has 1 aromatic rings. The number of hydrogen-bond acceptors (Lipinski definition) is 8. The van der Waals surface area contributed by atoms with Crippen molar-refractivity contribution in [3.8, 4) is 0 Å². The largest absolute Gasteiger partial charge is 0.461 e. The second kappa shape index (κ2) is 18.0. The molecule has 14 nitrogen and oxygen atoms in total. The highest BCUT2D eigenvalue weighted by molar-refractivity contribution is 6.12. The van der Waals surface area contributed by atoms with E-state index in [2.05, 4.69) is 21.3 Å². The van der Waals surface area contributed by atoms with E-state index in [1.54, 1.807) is 38.1 Å². The molecule has 7 amide bonds. The quantitative estimate of drug-likeness (QED) is 0.0922. The average Bonchev–Trinajstić information content (AvgIpc) is 3.28. The molecule has 44 heavy (non-hydrogen) atoms. The summed E-state index contributed by atoms with van der Waals surface area (Å²) in [6.07, 6.45) is 4.78. The maximum absolute atomic E-state index is 13.3. The van der Waals surface area contributed by atoms with Gasteiger partial charge in [0.05, 0.1) is 0 Å². The number of benzene rings is 1. The Morgan fingerprint density at radius 1 is 0.886 bits per heavy atom. The van der Waals surface area contributed by atoms with Gasteiger partial charge in [-0.1, -0.05) is 32.4 Å². The van der Waals surface area contributed by atoms with E-state index < -0.39 is 35.9 Å². The van der Waals surface area contributed by atoms with E-state index >= 15 is 0 Å². The lowest BCUT2D eigenvalue weighted by molar-refractivity contribution is -0.142. The van der Waals surface area contributed by atoms with Crippen molar-refractivity contribution in [1.29, 1.82) is 0 Å². The fraction of sp³-hybridized carbons (Fsp3) is 0.500. The van der Waals surface area contributed by atoms with Gasteiger partial charge < -0.3 is 31.7 Å². The lowest BCUT2D eigenvalue weighted by Gasteiger charge is -2.25. The predicted octanol–water partition coefficient (Wildman–Crippen LogP) is 1.25. The molecule has 0 spiro atoms. The number of anilines is 1. The Morgan fingerprint density at radius 2 is 1.55 bits per heavy atom. The molecular formula is C30H42N6O8. The number of ether oxygens (including phenoxy) is 1. The summed E-state index contributed by atoms with van der Waals surface area (Å²) in [5, 5.41) is 10.7. The van der Waals surface area contributed by atoms with Crippen molar-refractivity contribution in [3.05, 3.63) is 42.0 Å².